The zero-order valence-electron chi connectivity index (χ0n) is 13.3. The molecule has 0 fully saturated rings. The summed E-state index contributed by atoms with van der Waals surface area (Å²) in [4.78, 5) is 4.27. The number of alkyl halides is 3. The van der Waals surface area contributed by atoms with E-state index in [0.717, 1.165) is 11.8 Å². The van der Waals surface area contributed by atoms with Gasteiger partial charge in [-0.05, 0) is 0 Å². The van der Waals surface area contributed by atoms with Crippen LogP contribution in [0, 0.1) is 11.6 Å². The molecule has 0 atom stereocenters. The van der Waals surface area contributed by atoms with Crippen LogP contribution in [-0.2, 0) is 0 Å². The van der Waals surface area contributed by atoms with E-state index in [1.165, 1.54) is 11.3 Å². The van der Waals surface area contributed by atoms with Gasteiger partial charge in [0, 0.05) is 23.1 Å². The minimum atomic E-state index is -5.04. The summed E-state index contributed by atoms with van der Waals surface area (Å²) in [6.45, 7) is 0. The van der Waals surface area contributed by atoms with Crippen LogP contribution in [0.15, 0.2) is 52.9 Å². The van der Waals surface area contributed by atoms with Crippen LogP contribution >= 0.6 is 11.3 Å². The summed E-state index contributed by atoms with van der Waals surface area (Å²) in [5.41, 5.74) is 3.50. The molecule has 4 nitrogen and oxygen atoms in total. The largest absolute Gasteiger partial charge is 0.573 e. The Morgan fingerprint density at radius 3 is 2.37 bits per heavy atom. The number of aromatic nitrogens is 1. The average Bonchev–Trinajstić information content (AvgIpc) is 3.05. The number of anilines is 1. The van der Waals surface area contributed by atoms with Crippen molar-refractivity contribution >= 4 is 22.7 Å². The zero-order valence-corrected chi connectivity index (χ0v) is 14.1. The average molecular weight is 399 g/mol. The predicted octanol–water partition coefficient (Wildman–Crippen LogP) is 5.43. The summed E-state index contributed by atoms with van der Waals surface area (Å²) in [7, 11) is 0. The van der Waals surface area contributed by atoms with Crippen LogP contribution in [0.5, 0.6) is 5.75 Å². The number of benzene rings is 2. The first-order valence-electron chi connectivity index (χ1n) is 7.36. The lowest BCUT2D eigenvalue weighted by Gasteiger charge is -2.09. The first-order chi connectivity index (χ1) is 12.8. The zero-order chi connectivity index (χ0) is 19.4. The van der Waals surface area contributed by atoms with Crippen molar-refractivity contribution in [3.8, 4) is 17.0 Å². The molecule has 0 amide bonds. The van der Waals surface area contributed by atoms with Crippen LogP contribution in [0.3, 0.4) is 0 Å². The number of nitrogens with zero attached hydrogens (tertiary/aromatic N) is 2. The molecule has 1 heterocycles. The fourth-order valence-corrected chi connectivity index (χ4v) is 2.76. The molecule has 0 bridgehead atoms. The summed E-state index contributed by atoms with van der Waals surface area (Å²) in [6.07, 6.45) is -4.23. The van der Waals surface area contributed by atoms with Crippen molar-refractivity contribution in [3.05, 3.63) is 65.0 Å². The van der Waals surface area contributed by atoms with E-state index in [1.54, 1.807) is 5.38 Å². The molecule has 3 aromatic rings. The minimum absolute atomic E-state index is 0.378. The number of halogens is 5. The number of hydrogen-bond donors (Lipinski definition) is 1. The third-order valence-electron chi connectivity index (χ3n) is 3.21. The van der Waals surface area contributed by atoms with Gasteiger partial charge in [0.25, 0.3) is 0 Å². The van der Waals surface area contributed by atoms with Crippen LogP contribution in [0.4, 0.5) is 27.1 Å². The van der Waals surface area contributed by atoms with Gasteiger partial charge in [-0.1, -0.05) is 30.3 Å². The molecule has 1 aromatic heterocycles. The van der Waals surface area contributed by atoms with E-state index in [4.69, 9.17) is 0 Å². The highest BCUT2D eigenvalue weighted by atomic mass is 32.1. The Kier molecular flexibility index (Phi) is 5.36. The van der Waals surface area contributed by atoms with Crippen LogP contribution in [-0.4, -0.2) is 17.6 Å². The quantitative estimate of drug-likeness (QED) is 0.353. The maximum atomic E-state index is 13.8. The Hall–Kier alpha value is -3.01. The molecule has 0 spiro atoms. The molecule has 27 heavy (non-hydrogen) atoms. The molecule has 3 rings (SSSR count). The Morgan fingerprint density at radius 2 is 1.74 bits per heavy atom. The van der Waals surface area contributed by atoms with E-state index in [9.17, 15) is 22.0 Å². The molecule has 0 saturated carbocycles. The smallest absolute Gasteiger partial charge is 0.406 e. The van der Waals surface area contributed by atoms with Gasteiger partial charge in [-0.25, -0.2) is 13.8 Å². The van der Waals surface area contributed by atoms with Crippen LogP contribution < -0.4 is 10.2 Å². The highest BCUT2D eigenvalue weighted by Gasteiger charge is 2.31. The SMILES string of the molecule is Fc1cc(OC(F)(F)F)cc(F)c1C=NNc1nc(-c2ccccc2)cs1. The monoisotopic (exact) mass is 399 g/mol. The van der Waals surface area contributed by atoms with Gasteiger partial charge in [-0.3, -0.25) is 5.43 Å². The normalized spacial score (nSPS) is 11.7. The molecular weight excluding hydrogens is 389 g/mol. The fourth-order valence-electron chi connectivity index (χ4n) is 2.10. The standard InChI is InChI=1S/C17H10F5N3OS/c18-13-6-11(26-17(20,21)22)7-14(19)12(13)8-23-25-16-24-15(9-27-16)10-4-2-1-3-5-10/h1-9H,(H,24,25). The fraction of sp³-hybridized carbons (Fsp3) is 0.0588. The molecule has 2 aromatic carbocycles. The third kappa shape index (κ3) is 5.00. The van der Waals surface area contributed by atoms with E-state index in [2.05, 4.69) is 20.2 Å². The number of hydrazone groups is 1. The lowest BCUT2D eigenvalue weighted by molar-refractivity contribution is -0.274. The third-order valence-corrected chi connectivity index (χ3v) is 3.96. The number of nitrogens with one attached hydrogen (secondary N) is 1. The highest BCUT2D eigenvalue weighted by Crippen LogP contribution is 2.27. The maximum Gasteiger partial charge on any atom is 0.573 e. The van der Waals surface area contributed by atoms with Crippen molar-refractivity contribution in [1.82, 2.24) is 4.98 Å². The molecule has 0 aliphatic rings. The van der Waals surface area contributed by atoms with Gasteiger partial charge in [0.2, 0.25) is 5.13 Å². The summed E-state index contributed by atoms with van der Waals surface area (Å²) < 4.78 is 67.5. The highest BCUT2D eigenvalue weighted by molar-refractivity contribution is 7.14. The van der Waals surface area contributed by atoms with Gasteiger partial charge in [-0.2, -0.15) is 5.10 Å². The first kappa shape index (κ1) is 18.8. The van der Waals surface area contributed by atoms with Gasteiger partial charge in [0.1, 0.15) is 17.4 Å². The van der Waals surface area contributed by atoms with Gasteiger partial charge in [0.05, 0.1) is 17.5 Å². The topological polar surface area (TPSA) is 46.5 Å². The van der Waals surface area contributed by atoms with Crippen molar-refractivity contribution in [2.24, 2.45) is 5.10 Å². The molecule has 0 saturated heterocycles. The second-order valence-electron chi connectivity index (χ2n) is 5.12. The van der Waals surface area contributed by atoms with E-state index in [1.807, 2.05) is 30.3 Å². The number of hydrogen-bond acceptors (Lipinski definition) is 5. The predicted molar refractivity (Wildman–Crippen MR) is 91.8 cm³/mol. The Labute approximate surface area is 153 Å². The second-order valence-corrected chi connectivity index (χ2v) is 5.98. The lowest BCUT2D eigenvalue weighted by atomic mass is 10.2. The van der Waals surface area contributed by atoms with Gasteiger partial charge < -0.3 is 4.74 Å². The Balaban J connectivity index is 1.71. The summed E-state index contributed by atoms with van der Waals surface area (Å²) in [5, 5.41) is 5.83. The van der Waals surface area contributed by atoms with E-state index >= 15 is 0 Å². The van der Waals surface area contributed by atoms with E-state index < -0.39 is 29.3 Å². The molecule has 0 radical (unpaired) electrons. The lowest BCUT2D eigenvalue weighted by Crippen LogP contribution is -2.17. The van der Waals surface area contributed by atoms with Crippen LogP contribution in [0.2, 0.25) is 0 Å². The number of thiazole rings is 1. The van der Waals surface area contributed by atoms with Crippen molar-refractivity contribution < 1.29 is 26.7 Å². The molecule has 140 valence electrons. The van der Waals surface area contributed by atoms with Gasteiger partial charge >= 0.3 is 6.36 Å². The molecule has 0 aliphatic carbocycles. The van der Waals surface area contributed by atoms with E-state index in [0.29, 0.717) is 23.0 Å². The van der Waals surface area contributed by atoms with Crippen molar-refractivity contribution in [3.63, 3.8) is 0 Å². The first-order valence-corrected chi connectivity index (χ1v) is 8.24. The number of rotatable bonds is 5. The molecule has 0 aliphatic heterocycles. The van der Waals surface area contributed by atoms with Crippen molar-refractivity contribution in [2.45, 2.75) is 6.36 Å². The maximum absolute atomic E-state index is 13.8. The minimum Gasteiger partial charge on any atom is -0.406 e. The molecule has 10 heteroatoms. The molecular formula is C17H10F5N3OS. The van der Waals surface area contributed by atoms with Crippen LogP contribution in [0.1, 0.15) is 5.56 Å². The van der Waals surface area contributed by atoms with Gasteiger partial charge in [0.15, 0.2) is 0 Å². The van der Waals surface area contributed by atoms with E-state index in [-0.39, 0.29) is 0 Å². The van der Waals surface area contributed by atoms with Crippen molar-refractivity contribution in [1.29, 1.82) is 0 Å². The molecule has 1 N–H and O–H groups in total. The summed E-state index contributed by atoms with van der Waals surface area (Å²) in [5.74, 6) is -3.48. The van der Waals surface area contributed by atoms with Crippen molar-refractivity contribution in [2.75, 3.05) is 5.43 Å². The van der Waals surface area contributed by atoms with Crippen LogP contribution in [0.25, 0.3) is 11.3 Å². The van der Waals surface area contributed by atoms with Gasteiger partial charge in [-0.15, -0.1) is 24.5 Å². The molecule has 0 unspecified atom stereocenters. The number of ether oxygens (including phenoxy) is 1. The summed E-state index contributed by atoms with van der Waals surface area (Å²) >= 11 is 1.23. The second kappa shape index (κ2) is 7.70. The Bertz CT molecular complexity index is 934. The summed E-state index contributed by atoms with van der Waals surface area (Å²) in [6, 6.07) is 10.2. The Morgan fingerprint density at radius 1 is 1.07 bits per heavy atom.